The lowest BCUT2D eigenvalue weighted by molar-refractivity contribution is -0.119. The van der Waals surface area contributed by atoms with Crippen molar-refractivity contribution in [1.82, 2.24) is 10.9 Å². The molecule has 0 aliphatic carbocycles. The number of hydrogen-bond donors (Lipinski definition) is 2. The Morgan fingerprint density at radius 2 is 1.75 bits per heavy atom. The zero-order valence-corrected chi connectivity index (χ0v) is 17.0. The molecule has 3 rings (SSSR count). The number of rotatable bonds is 5. The van der Waals surface area contributed by atoms with Gasteiger partial charge in [-0.1, -0.05) is 28.1 Å². The molecule has 1 aliphatic heterocycles. The molecule has 148 valence electrons. The fourth-order valence-electron chi connectivity index (χ4n) is 2.55. The maximum atomic E-state index is 12.2. The average molecular weight is 469 g/mol. The van der Waals surface area contributed by atoms with Gasteiger partial charge in [-0.2, -0.15) is 0 Å². The van der Waals surface area contributed by atoms with Crippen LogP contribution in [0, 0.1) is 0 Å². The van der Waals surface area contributed by atoms with E-state index in [0.717, 1.165) is 4.47 Å². The minimum absolute atomic E-state index is 0.238. The molecule has 0 unspecified atom stereocenters. The third kappa shape index (κ3) is 5.46. The van der Waals surface area contributed by atoms with E-state index in [-0.39, 0.29) is 11.3 Å². The first-order chi connectivity index (χ1) is 13.3. The first-order valence-corrected chi connectivity index (χ1v) is 10.9. The van der Waals surface area contributed by atoms with Crippen LogP contribution in [0.15, 0.2) is 46.9 Å². The number of carbonyl (C=O) groups is 2. The van der Waals surface area contributed by atoms with Crippen molar-refractivity contribution >= 4 is 37.6 Å². The summed E-state index contributed by atoms with van der Waals surface area (Å²) < 4.78 is 35.9. The highest BCUT2D eigenvalue weighted by molar-refractivity contribution is 9.10. The zero-order valence-electron chi connectivity index (χ0n) is 14.6. The molecule has 0 saturated heterocycles. The molecule has 2 aromatic rings. The van der Waals surface area contributed by atoms with Gasteiger partial charge < -0.3 is 9.47 Å². The topological polar surface area (TPSA) is 111 Å². The molecule has 0 spiro atoms. The van der Waals surface area contributed by atoms with Crippen molar-refractivity contribution in [2.45, 2.75) is 5.75 Å². The summed E-state index contributed by atoms with van der Waals surface area (Å²) in [5, 5.41) is 0. The van der Waals surface area contributed by atoms with E-state index in [0.29, 0.717) is 30.3 Å². The monoisotopic (exact) mass is 468 g/mol. The summed E-state index contributed by atoms with van der Waals surface area (Å²) in [6.45, 7) is 0.813. The second-order valence-corrected chi connectivity index (χ2v) is 9.00. The number of amides is 2. The van der Waals surface area contributed by atoms with E-state index in [4.69, 9.17) is 9.47 Å². The third-order valence-electron chi connectivity index (χ3n) is 3.75. The van der Waals surface area contributed by atoms with E-state index in [1.54, 1.807) is 30.3 Å². The van der Waals surface area contributed by atoms with Crippen LogP contribution in [0.2, 0.25) is 0 Å². The second-order valence-electron chi connectivity index (χ2n) is 6.02. The Hall–Kier alpha value is -2.59. The zero-order chi connectivity index (χ0) is 20.1. The molecule has 0 atom stereocenters. The maximum absolute atomic E-state index is 12.2. The van der Waals surface area contributed by atoms with Gasteiger partial charge in [-0.05, 0) is 35.9 Å². The van der Waals surface area contributed by atoms with Crippen LogP contribution in [0.3, 0.4) is 0 Å². The molecule has 28 heavy (non-hydrogen) atoms. The van der Waals surface area contributed by atoms with E-state index >= 15 is 0 Å². The number of ether oxygens (including phenoxy) is 2. The lowest BCUT2D eigenvalue weighted by atomic mass is 10.2. The molecule has 0 fully saturated rings. The molecule has 10 heteroatoms. The van der Waals surface area contributed by atoms with Gasteiger partial charge in [-0.25, -0.2) is 8.42 Å². The number of halogens is 1. The van der Waals surface area contributed by atoms with E-state index in [9.17, 15) is 18.0 Å². The van der Waals surface area contributed by atoms with Crippen LogP contribution in [0.4, 0.5) is 0 Å². The molecule has 2 N–H and O–H groups in total. The van der Waals surface area contributed by atoms with Crippen LogP contribution in [-0.2, 0) is 20.4 Å². The van der Waals surface area contributed by atoms with Crippen LogP contribution >= 0.6 is 15.9 Å². The van der Waals surface area contributed by atoms with Crippen LogP contribution < -0.4 is 20.3 Å². The molecular formula is C18H17BrN2O6S. The van der Waals surface area contributed by atoms with Gasteiger partial charge in [-0.3, -0.25) is 20.4 Å². The predicted octanol–water partition coefficient (Wildman–Crippen LogP) is 1.60. The number of hydrazine groups is 1. The van der Waals surface area contributed by atoms with Crippen molar-refractivity contribution in [2.24, 2.45) is 0 Å². The summed E-state index contributed by atoms with van der Waals surface area (Å²) in [6, 6.07) is 11.4. The van der Waals surface area contributed by atoms with Crippen molar-refractivity contribution in [2.75, 3.05) is 19.0 Å². The highest BCUT2D eigenvalue weighted by atomic mass is 79.9. The number of hydrogen-bond acceptors (Lipinski definition) is 6. The minimum Gasteiger partial charge on any atom is -0.486 e. The van der Waals surface area contributed by atoms with Crippen molar-refractivity contribution in [3.8, 4) is 11.5 Å². The molecule has 0 aromatic heterocycles. The number of carbonyl (C=O) groups excluding carboxylic acids is 2. The van der Waals surface area contributed by atoms with Gasteiger partial charge in [0.1, 0.15) is 19.0 Å². The van der Waals surface area contributed by atoms with E-state index in [1.165, 1.54) is 12.1 Å². The fraction of sp³-hybridized carbons (Fsp3) is 0.222. The van der Waals surface area contributed by atoms with Crippen LogP contribution in [0.1, 0.15) is 15.9 Å². The summed E-state index contributed by atoms with van der Waals surface area (Å²) in [5.41, 5.74) is 5.10. The summed E-state index contributed by atoms with van der Waals surface area (Å²) in [7, 11) is -3.70. The highest BCUT2D eigenvalue weighted by Gasteiger charge is 2.19. The Balaban J connectivity index is 1.54. The smallest absolute Gasteiger partial charge is 0.269 e. The summed E-state index contributed by atoms with van der Waals surface area (Å²) in [5.74, 6) is -1.50. The van der Waals surface area contributed by atoms with Gasteiger partial charge in [0.15, 0.2) is 21.3 Å². The molecule has 2 aromatic carbocycles. The molecule has 8 nitrogen and oxygen atoms in total. The van der Waals surface area contributed by atoms with Crippen LogP contribution in [0.5, 0.6) is 11.5 Å². The van der Waals surface area contributed by atoms with Gasteiger partial charge in [0.25, 0.3) is 11.8 Å². The fourth-order valence-corrected chi connectivity index (χ4v) is 4.26. The normalized spacial score (nSPS) is 12.9. The predicted molar refractivity (Wildman–Crippen MR) is 105 cm³/mol. The van der Waals surface area contributed by atoms with E-state index in [2.05, 4.69) is 26.8 Å². The molecule has 1 heterocycles. The molecular weight excluding hydrogens is 452 g/mol. The first kappa shape index (κ1) is 20.2. The number of benzene rings is 2. The molecule has 1 aliphatic rings. The third-order valence-corrected chi connectivity index (χ3v) is 5.71. The highest BCUT2D eigenvalue weighted by Crippen LogP contribution is 2.30. The van der Waals surface area contributed by atoms with Crippen molar-refractivity contribution in [3.05, 3.63) is 58.1 Å². The van der Waals surface area contributed by atoms with Gasteiger partial charge >= 0.3 is 0 Å². The molecule has 2 amide bonds. The Kier molecular flexibility index (Phi) is 6.20. The second kappa shape index (κ2) is 8.61. The lowest BCUT2D eigenvalue weighted by Crippen LogP contribution is -2.44. The SMILES string of the molecule is O=C(CS(=O)(=O)Cc1cccc(Br)c1)NNC(=O)c1ccc2c(c1)OCCO2. The van der Waals surface area contributed by atoms with Crippen molar-refractivity contribution < 1.29 is 27.5 Å². The van der Waals surface area contributed by atoms with Gasteiger partial charge in [-0.15, -0.1) is 0 Å². The van der Waals surface area contributed by atoms with E-state index < -0.39 is 27.4 Å². The number of fused-ring (bicyclic) bond motifs is 1. The largest absolute Gasteiger partial charge is 0.486 e. The van der Waals surface area contributed by atoms with Crippen LogP contribution in [-0.4, -0.2) is 39.2 Å². The number of sulfone groups is 1. The average Bonchev–Trinajstić information content (AvgIpc) is 2.65. The quantitative estimate of drug-likeness (QED) is 0.644. The van der Waals surface area contributed by atoms with Crippen LogP contribution in [0.25, 0.3) is 0 Å². The Labute approximate surface area is 170 Å². The summed E-state index contributed by atoms with van der Waals surface area (Å²) in [6.07, 6.45) is 0. The summed E-state index contributed by atoms with van der Waals surface area (Å²) >= 11 is 3.27. The molecule has 0 saturated carbocycles. The van der Waals surface area contributed by atoms with Crippen molar-refractivity contribution in [1.29, 1.82) is 0 Å². The Morgan fingerprint density at radius 3 is 2.50 bits per heavy atom. The van der Waals surface area contributed by atoms with E-state index in [1.807, 2.05) is 0 Å². The van der Waals surface area contributed by atoms with Gasteiger partial charge in [0.05, 0.1) is 5.75 Å². The standard InChI is InChI=1S/C18H17BrN2O6S/c19-14-3-1-2-12(8-14)10-28(24,25)11-17(22)20-21-18(23)13-4-5-15-16(9-13)27-7-6-26-15/h1-5,8-9H,6-7,10-11H2,(H,20,22)(H,21,23). The van der Waals surface area contributed by atoms with Gasteiger partial charge in [0, 0.05) is 10.0 Å². The van der Waals surface area contributed by atoms with Gasteiger partial charge in [0.2, 0.25) is 0 Å². The first-order valence-electron chi connectivity index (χ1n) is 8.26. The van der Waals surface area contributed by atoms with Crippen molar-refractivity contribution in [3.63, 3.8) is 0 Å². The maximum Gasteiger partial charge on any atom is 0.269 e. The minimum atomic E-state index is -3.70. The summed E-state index contributed by atoms with van der Waals surface area (Å²) in [4.78, 5) is 24.1. The Bertz CT molecular complexity index is 1010. The number of nitrogens with one attached hydrogen (secondary N) is 2. The lowest BCUT2D eigenvalue weighted by Gasteiger charge is -2.18. The molecule has 0 bridgehead atoms. The Morgan fingerprint density at radius 1 is 1.00 bits per heavy atom. The molecule has 0 radical (unpaired) electrons.